The number of hydrogen-bond acceptors (Lipinski definition) is 6. The molecule has 3 heterocycles. The third-order valence-corrected chi connectivity index (χ3v) is 5.55. The Hall–Kier alpha value is -3.10. The first kappa shape index (κ1) is 18.0. The Labute approximate surface area is 166 Å². The Morgan fingerprint density at radius 1 is 1.21 bits per heavy atom. The Kier molecular flexibility index (Phi) is 4.57. The smallest absolute Gasteiger partial charge is 0.280 e. The first-order chi connectivity index (χ1) is 14.2. The Bertz CT molecular complexity index is 1020. The van der Waals surface area contributed by atoms with Crippen LogP contribution in [0.5, 0.6) is 0 Å². The lowest BCUT2D eigenvalue weighted by Crippen LogP contribution is -2.40. The fraction of sp³-hybridized carbons (Fsp3) is 0.450. The van der Waals surface area contributed by atoms with Crippen molar-refractivity contribution in [2.24, 2.45) is 0 Å². The number of amides is 1. The van der Waals surface area contributed by atoms with Gasteiger partial charge in [-0.1, -0.05) is 22.5 Å². The van der Waals surface area contributed by atoms with Crippen molar-refractivity contribution >= 4 is 5.91 Å². The van der Waals surface area contributed by atoms with Gasteiger partial charge >= 0.3 is 0 Å². The first-order valence-corrected chi connectivity index (χ1v) is 9.94. The number of piperidine rings is 1. The lowest BCUT2D eigenvalue weighted by atomic mass is 10.0. The van der Waals surface area contributed by atoms with E-state index in [0.717, 1.165) is 31.5 Å². The minimum absolute atomic E-state index is 0.0202. The number of nitrogens with zero attached hydrogens (tertiary/aromatic N) is 6. The molecule has 9 heteroatoms. The maximum Gasteiger partial charge on any atom is 0.280 e. The zero-order chi connectivity index (χ0) is 19.8. The Morgan fingerprint density at radius 3 is 2.79 bits per heavy atom. The fourth-order valence-electron chi connectivity index (χ4n) is 3.71. The molecule has 2 aromatic heterocycles. The van der Waals surface area contributed by atoms with E-state index in [9.17, 15) is 9.18 Å². The predicted molar refractivity (Wildman–Crippen MR) is 100 cm³/mol. The summed E-state index contributed by atoms with van der Waals surface area (Å²) in [6.07, 6.45) is 5.85. The number of halogens is 1. The highest BCUT2D eigenvalue weighted by Gasteiger charge is 2.30. The van der Waals surface area contributed by atoms with Gasteiger partial charge in [0.05, 0.1) is 18.7 Å². The number of benzene rings is 1. The van der Waals surface area contributed by atoms with Crippen molar-refractivity contribution in [3.8, 4) is 11.6 Å². The van der Waals surface area contributed by atoms with Gasteiger partial charge < -0.3 is 9.42 Å². The first-order valence-electron chi connectivity index (χ1n) is 9.94. The van der Waals surface area contributed by atoms with Crippen LogP contribution in [0.25, 0.3) is 11.6 Å². The van der Waals surface area contributed by atoms with E-state index in [-0.39, 0.29) is 24.2 Å². The molecular formula is C20H21FN6O2. The molecule has 1 amide bonds. The molecule has 1 aliphatic heterocycles. The van der Waals surface area contributed by atoms with Crippen molar-refractivity contribution in [2.45, 2.75) is 44.1 Å². The van der Waals surface area contributed by atoms with Crippen molar-refractivity contribution < 1.29 is 13.7 Å². The molecule has 2 fully saturated rings. The van der Waals surface area contributed by atoms with E-state index in [1.165, 1.54) is 12.1 Å². The highest BCUT2D eigenvalue weighted by atomic mass is 19.1. The van der Waals surface area contributed by atoms with Crippen LogP contribution in [-0.2, 0) is 11.2 Å². The van der Waals surface area contributed by atoms with Gasteiger partial charge in [0.1, 0.15) is 5.82 Å². The highest BCUT2D eigenvalue weighted by molar-refractivity contribution is 5.78. The van der Waals surface area contributed by atoms with Gasteiger partial charge in [0.2, 0.25) is 5.91 Å². The number of carbonyl (C=O) groups is 1. The van der Waals surface area contributed by atoms with Gasteiger partial charge in [0.15, 0.2) is 11.5 Å². The van der Waals surface area contributed by atoms with Gasteiger partial charge in [-0.3, -0.25) is 4.79 Å². The summed E-state index contributed by atoms with van der Waals surface area (Å²) in [5.41, 5.74) is 1.28. The average molecular weight is 396 g/mol. The van der Waals surface area contributed by atoms with E-state index in [2.05, 4.69) is 20.5 Å². The lowest BCUT2D eigenvalue weighted by molar-refractivity contribution is -0.131. The number of likely N-dealkylation sites (tertiary alicyclic amines) is 1. The minimum Gasteiger partial charge on any atom is -0.342 e. The van der Waals surface area contributed by atoms with Crippen LogP contribution in [-0.4, -0.2) is 49.0 Å². The molecule has 0 unspecified atom stereocenters. The van der Waals surface area contributed by atoms with Gasteiger partial charge in [-0.15, -0.1) is 5.10 Å². The molecule has 150 valence electrons. The molecule has 1 aromatic carbocycles. The maximum absolute atomic E-state index is 13.3. The van der Waals surface area contributed by atoms with Crippen molar-refractivity contribution in [3.63, 3.8) is 0 Å². The average Bonchev–Trinajstić information content (AvgIpc) is 3.26. The molecule has 1 saturated heterocycles. The van der Waals surface area contributed by atoms with Crippen molar-refractivity contribution in [3.05, 3.63) is 47.7 Å². The lowest BCUT2D eigenvalue weighted by Gasteiger charge is -2.32. The van der Waals surface area contributed by atoms with Crippen LogP contribution in [0, 0.1) is 5.82 Å². The molecule has 29 heavy (non-hydrogen) atoms. The topological polar surface area (TPSA) is 89.9 Å². The summed E-state index contributed by atoms with van der Waals surface area (Å²) in [6, 6.07) is 6.36. The summed E-state index contributed by atoms with van der Waals surface area (Å²) < 4.78 is 20.4. The van der Waals surface area contributed by atoms with Gasteiger partial charge in [-0.2, -0.15) is 4.98 Å². The number of carbonyl (C=O) groups excluding carboxylic acids is 1. The van der Waals surface area contributed by atoms with E-state index in [1.54, 1.807) is 12.1 Å². The fourth-order valence-corrected chi connectivity index (χ4v) is 3.71. The molecule has 2 aliphatic rings. The summed E-state index contributed by atoms with van der Waals surface area (Å²) in [5, 5.41) is 12.4. The summed E-state index contributed by atoms with van der Waals surface area (Å²) in [6.45, 7) is 1.28. The second kappa shape index (κ2) is 7.38. The molecule has 1 saturated carbocycles. The van der Waals surface area contributed by atoms with Crippen LogP contribution in [0.3, 0.4) is 0 Å². The van der Waals surface area contributed by atoms with Gasteiger partial charge in [0, 0.05) is 19.0 Å². The zero-order valence-electron chi connectivity index (χ0n) is 15.9. The van der Waals surface area contributed by atoms with E-state index in [4.69, 9.17) is 4.52 Å². The SMILES string of the molecule is O=C(Cc1cccc(F)c1)N1CCC(n2cc(-c3nc(C4CC4)no3)nn2)CC1. The van der Waals surface area contributed by atoms with E-state index >= 15 is 0 Å². The van der Waals surface area contributed by atoms with Crippen molar-refractivity contribution in [1.82, 2.24) is 30.0 Å². The normalized spacial score (nSPS) is 17.6. The van der Waals surface area contributed by atoms with Crippen LogP contribution in [0.1, 0.15) is 49.0 Å². The second-order valence-corrected chi connectivity index (χ2v) is 7.73. The van der Waals surface area contributed by atoms with Gasteiger partial charge in [0.25, 0.3) is 5.89 Å². The van der Waals surface area contributed by atoms with Crippen LogP contribution in [0.4, 0.5) is 4.39 Å². The summed E-state index contributed by atoms with van der Waals surface area (Å²) in [4.78, 5) is 18.8. The molecule has 0 spiro atoms. The minimum atomic E-state index is -0.318. The summed E-state index contributed by atoms with van der Waals surface area (Å²) in [7, 11) is 0. The maximum atomic E-state index is 13.3. The predicted octanol–water partition coefficient (Wildman–Crippen LogP) is 2.75. The van der Waals surface area contributed by atoms with Crippen LogP contribution in [0.2, 0.25) is 0 Å². The molecule has 8 nitrogen and oxygen atoms in total. The Balaban J connectivity index is 1.18. The zero-order valence-corrected chi connectivity index (χ0v) is 15.9. The molecule has 0 N–H and O–H groups in total. The van der Waals surface area contributed by atoms with E-state index < -0.39 is 0 Å². The third kappa shape index (κ3) is 3.90. The Morgan fingerprint density at radius 2 is 2.03 bits per heavy atom. The number of hydrogen-bond donors (Lipinski definition) is 0. The summed E-state index contributed by atoms with van der Waals surface area (Å²) in [5.74, 6) is 1.28. The van der Waals surface area contributed by atoms with Crippen molar-refractivity contribution in [2.75, 3.05) is 13.1 Å². The van der Waals surface area contributed by atoms with Crippen LogP contribution >= 0.6 is 0 Å². The van der Waals surface area contributed by atoms with Crippen LogP contribution < -0.4 is 0 Å². The van der Waals surface area contributed by atoms with Crippen LogP contribution in [0.15, 0.2) is 35.0 Å². The molecule has 5 rings (SSSR count). The molecule has 1 aliphatic carbocycles. The number of rotatable bonds is 5. The van der Waals surface area contributed by atoms with Gasteiger partial charge in [-0.25, -0.2) is 9.07 Å². The molecule has 0 radical (unpaired) electrons. The number of aromatic nitrogens is 5. The standard InChI is InChI=1S/C20H21FN6O2/c21-15-3-1-2-13(10-15)11-18(28)26-8-6-16(7-9-26)27-12-17(23-25-27)20-22-19(24-29-20)14-4-5-14/h1-3,10,12,14,16H,4-9,11H2. The van der Waals surface area contributed by atoms with Crippen molar-refractivity contribution in [1.29, 1.82) is 0 Å². The molecule has 0 atom stereocenters. The second-order valence-electron chi connectivity index (χ2n) is 7.73. The quantitative estimate of drug-likeness (QED) is 0.659. The largest absolute Gasteiger partial charge is 0.342 e. The molecular weight excluding hydrogens is 375 g/mol. The molecule has 3 aromatic rings. The van der Waals surface area contributed by atoms with E-state index in [0.29, 0.717) is 36.2 Å². The molecule has 0 bridgehead atoms. The highest BCUT2D eigenvalue weighted by Crippen LogP contribution is 2.38. The monoisotopic (exact) mass is 396 g/mol. The summed E-state index contributed by atoms with van der Waals surface area (Å²) >= 11 is 0. The van der Waals surface area contributed by atoms with E-state index in [1.807, 2.05) is 15.8 Å². The van der Waals surface area contributed by atoms with Gasteiger partial charge in [-0.05, 0) is 43.4 Å². The third-order valence-electron chi connectivity index (χ3n) is 5.55.